The Hall–Kier alpha value is -10.2. The highest BCUT2D eigenvalue weighted by Gasteiger charge is 2.59. The van der Waals surface area contributed by atoms with Crippen molar-refractivity contribution in [2.75, 3.05) is 158 Å². The number of ether oxygens (including phenoxy) is 12. The van der Waals surface area contributed by atoms with Crippen molar-refractivity contribution in [1.29, 1.82) is 0 Å². The first-order chi connectivity index (χ1) is 63.6. The van der Waals surface area contributed by atoms with E-state index in [1.165, 1.54) is 24.3 Å². The van der Waals surface area contributed by atoms with E-state index in [4.69, 9.17) is 56.8 Å². The van der Waals surface area contributed by atoms with Crippen molar-refractivity contribution in [2.45, 2.75) is 178 Å². The lowest BCUT2D eigenvalue weighted by Crippen LogP contribution is -2.61. The zero-order valence-electron chi connectivity index (χ0n) is 77.5. The fourth-order valence-electron chi connectivity index (χ4n) is 18.5. The zero-order valence-corrected chi connectivity index (χ0v) is 77.5. The molecule has 9 aromatic rings. The van der Waals surface area contributed by atoms with Gasteiger partial charge >= 0.3 is 12.4 Å². The lowest BCUT2D eigenvalue weighted by atomic mass is 9.80. The van der Waals surface area contributed by atoms with E-state index in [-0.39, 0.29) is 200 Å². The average molecular weight is 1850 g/mol. The summed E-state index contributed by atoms with van der Waals surface area (Å²) >= 11 is 0. The van der Waals surface area contributed by atoms with Gasteiger partial charge in [-0.1, -0.05) is 132 Å². The monoisotopic (exact) mass is 1850 g/mol. The predicted molar refractivity (Wildman–Crippen MR) is 486 cm³/mol. The maximum Gasteiger partial charge on any atom is 0.418 e. The molecule has 8 saturated heterocycles. The van der Waals surface area contributed by atoms with Crippen molar-refractivity contribution in [3.8, 4) is 46.0 Å². The number of hydrogen-bond acceptors (Lipinski definition) is 22. The zero-order chi connectivity index (χ0) is 94.3. The fourth-order valence-corrected chi connectivity index (χ4v) is 18.5. The number of carbonyl (C=O) groups excluding carboxylic acids is 6. The van der Waals surface area contributed by atoms with E-state index in [1.807, 2.05) is 151 Å². The molecular formula is C102H114F6N8O18. The summed E-state index contributed by atoms with van der Waals surface area (Å²) in [5, 5.41) is -1.13. The van der Waals surface area contributed by atoms with E-state index >= 15 is 55.1 Å². The van der Waals surface area contributed by atoms with Crippen LogP contribution in [0.5, 0.6) is 46.0 Å². The summed E-state index contributed by atoms with van der Waals surface area (Å²) in [7, 11) is 0. The van der Waals surface area contributed by atoms with Gasteiger partial charge in [-0.15, -0.1) is 0 Å². The van der Waals surface area contributed by atoms with Crippen LogP contribution in [0.25, 0.3) is 43.1 Å². The number of imide groups is 2. The molecule has 26 nitrogen and oxygen atoms in total. The molecule has 0 saturated carbocycles. The molecule has 9 aromatic carbocycles. The molecule has 6 amide bonds. The Morgan fingerprint density at radius 1 is 0.299 bits per heavy atom. The molecule has 32 heteroatoms. The number of fused-ring (bicyclic) bond motifs is 2. The fraction of sp³-hybridized carbons (Fsp3) is 0.510. The van der Waals surface area contributed by atoms with Crippen LogP contribution in [0.4, 0.5) is 26.3 Å². The second-order valence-corrected chi connectivity index (χ2v) is 41.4. The Morgan fingerprint density at radius 3 is 0.634 bits per heavy atom. The smallest absolute Gasteiger partial charge is 0.418 e. The second kappa shape index (κ2) is 35.7. The number of hydrogen-bond donors (Lipinski definition) is 0. The van der Waals surface area contributed by atoms with Gasteiger partial charge < -0.3 is 66.6 Å². The third-order valence-corrected chi connectivity index (χ3v) is 26.6. The van der Waals surface area contributed by atoms with Gasteiger partial charge in [-0.3, -0.25) is 58.2 Å². The first-order valence-electron chi connectivity index (χ1n) is 46.4. The number of halogens is 6. The van der Waals surface area contributed by atoms with Gasteiger partial charge in [0.2, 0.25) is 12.1 Å². The summed E-state index contributed by atoms with van der Waals surface area (Å²) in [5.74, 6) is -10.4. The molecule has 0 spiro atoms. The molecule has 8 fully saturated rings. The van der Waals surface area contributed by atoms with Crippen LogP contribution in [0.3, 0.4) is 0 Å². The van der Waals surface area contributed by atoms with Crippen molar-refractivity contribution < 1.29 is 112 Å². The van der Waals surface area contributed by atoms with Gasteiger partial charge in [0, 0.05) is 148 Å². The van der Waals surface area contributed by atoms with Crippen LogP contribution in [0, 0.1) is 0 Å². The number of carbonyl (C=O) groups is 6. The van der Waals surface area contributed by atoms with Crippen LogP contribution in [0.1, 0.15) is 147 Å². The number of alkyl halides is 6. The maximum absolute atomic E-state index is 17.4. The van der Waals surface area contributed by atoms with E-state index in [1.54, 1.807) is 48.5 Å². The van der Waals surface area contributed by atoms with Crippen molar-refractivity contribution >= 4 is 78.5 Å². The van der Waals surface area contributed by atoms with Gasteiger partial charge in [-0.2, -0.15) is 26.3 Å². The van der Waals surface area contributed by atoms with Crippen molar-refractivity contribution in [3.63, 3.8) is 0 Å². The molecule has 0 aliphatic carbocycles. The molecule has 10 unspecified atom stereocenters. The number of benzene rings is 9. The third-order valence-electron chi connectivity index (χ3n) is 26.6. The van der Waals surface area contributed by atoms with Gasteiger partial charge in [0.15, 0.2) is 0 Å². The molecule has 10 heterocycles. The van der Waals surface area contributed by atoms with Gasteiger partial charge in [0.1, 0.15) is 46.0 Å². The first-order valence-corrected chi connectivity index (χ1v) is 46.4. The Morgan fingerprint density at radius 2 is 0.478 bits per heavy atom. The normalized spacial score (nSPS) is 21.8. The minimum absolute atomic E-state index is 0.0251. The molecule has 0 aromatic heterocycles. The number of epoxide rings is 8. The van der Waals surface area contributed by atoms with Gasteiger partial charge in [-0.05, 0) is 117 Å². The molecule has 712 valence electrons. The molecule has 19 rings (SSSR count). The van der Waals surface area contributed by atoms with E-state index in [0.29, 0.717) is 105 Å². The highest BCUT2D eigenvalue weighted by atomic mass is 19.4. The minimum atomic E-state index is -5.69. The molecule has 0 bridgehead atoms. The lowest BCUT2D eigenvalue weighted by Gasteiger charge is -2.39. The van der Waals surface area contributed by atoms with E-state index in [0.717, 1.165) is 32.1 Å². The van der Waals surface area contributed by atoms with Gasteiger partial charge in [0.05, 0.1) is 124 Å². The van der Waals surface area contributed by atoms with Crippen LogP contribution in [-0.2, 0) is 69.1 Å². The summed E-state index contributed by atoms with van der Waals surface area (Å²) in [5.41, 5.74) is -0.641. The molecule has 10 atom stereocenters. The predicted octanol–water partition coefficient (Wildman–Crippen LogP) is 15.2. The van der Waals surface area contributed by atoms with Crippen molar-refractivity contribution in [2.24, 2.45) is 0 Å². The summed E-state index contributed by atoms with van der Waals surface area (Å²) in [4.78, 5) is 110. The number of amides is 6. The third kappa shape index (κ3) is 20.6. The molecule has 0 radical (unpaired) electrons. The highest BCUT2D eigenvalue weighted by Crippen LogP contribution is 2.59. The standard InChI is InChI=1S/C102H114F6N8O18/c1-97(2,3)57-13-21-61(22-14-57)131-77-37-73-81-74(92(118)115(91(73)117)89(101(103,104)105)95(121)113(33-29-109(41-65-49-123-65)42-66-50-124-66)34-30-110(43-67-51-125-67)44-68-52-126-68)39-79(133-63-25-17-59(18-26-63)99(7,8)9)85-86-80(134-64-27-19-60(20-28-64)100(10,11)12)40-76-82-75(38-78(84(88(82)86)83(77)87(81)85)132-62-23-15-58(16-24-62)98(4,5)6)93(119)116(94(76)120)90(102(106,107)108)96(122)114(35-31-111(45-69-53-127-69)46-70-54-128-70)36-32-112(47-71-55-129-71)48-72-56-130-72/h13-28,37-40,65-72,89-90H,29-36,41-56H2,1-12H3. The van der Waals surface area contributed by atoms with Crippen molar-refractivity contribution in [3.05, 3.63) is 166 Å². The molecular weight excluding hydrogens is 1740 g/mol. The Bertz CT molecular complexity index is 5250. The summed E-state index contributed by atoms with van der Waals surface area (Å²) in [6.45, 7) is 29.8. The number of nitrogens with zero attached hydrogens (tertiary/aromatic N) is 8. The summed E-state index contributed by atoms with van der Waals surface area (Å²) < 4.78 is 179. The Labute approximate surface area is 773 Å². The molecule has 10 aliphatic heterocycles. The largest absolute Gasteiger partial charge is 0.457 e. The van der Waals surface area contributed by atoms with Crippen LogP contribution < -0.4 is 18.9 Å². The van der Waals surface area contributed by atoms with E-state index in [9.17, 15) is 0 Å². The van der Waals surface area contributed by atoms with Crippen LogP contribution in [-0.4, -0.2) is 305 Å². The maximum atomic E-state index is 17.4. The highest BCUT2D eigenvalue weighted by molar-refractivity contribution is 6.45. The Kier molecular flexibility index (Phi) is 24.8. The average Bonchev–Trinajstić information content (AvgIpc) is 0.988. The van der Waals surface area contributed by atoms with Crippen LogP contribution in [0.2, 0.25) is 0 Å². The van der Waals surface area contributed by atoms with Crippen LogP contribution in [0.15, 0.2) is 121 Å². The van der Waals surface area contributed by atoms with Crippen LogP contribution >= 0.6 is 0 Å². The summed E-state index contributed by atoms with van der Waals surface area (Å²) in [6, 6.07) is 25.5. The van der Waals surface area contributed by atoms with Gasteiger partial charge in [-0.25, -0.2) is 0 Å². The quantitative estimate of drug-likeness (QED) is 0.0114. The lowest BCUT2D eigenvalue weighted by molar-refractivity contribution is -0.187. The second-order valence-electron chi connectivity index (χ2n) is 41.4. The minimum Gasteiger partial charge on any atom is -0.457 e. The first kappa shape index (κ1) is 92.8. The van der Waals surface area contributed by atoms with E-state index < -0.39 is 104 Å². The van der Waals surface area contributed by atoms with E-state index in [2.05, 4.69) is 0 Å². The molecule has 10 aliphatic rings. The summed E-state index contributed by atoms with van der Waals surface area (Å²) in [6.07, 6.45) is -12.7. The number of rotatable bonds is 40. The molecule has 0 N–H and O–H groups in total. The topological polar surface area (TPSA) is 266 Å². The van der Waals surface area contributed by atoms with Crippen molar-refractivity contribution in [1.82, 2.24) is 39.2 Å². The van der Waals surface area contributed by atoms with Gasteiger partial charge in [0.25, 0.3) is 35.4 Å². The Balaban J connectivity index is 0.857. The SMILES string of the molecule is CC(C)(C)c1ccc(Oc2cc3c4c(cc(Oc5ccc(C(C)(C)C)cc5)c5c6c(Oc7ccc(C(C)(C)C)cc7)cc7c8c(cc(Oc9ccc(C(C)(C)C)cc9)c(c2c45)c86)C(=O)N(C(C(=O)N(CCN(CC2CO2)CC2CO2)CCN(CC2CO2)CC2CO2)C(F)(F)F)C7=O)C(=O)N(C(C(=O)N(CCN(CC2CO2)CC2CO2)CCN(CC2CO2)CC2CO2)C(F)(F)F)C3=O)cc1. The molecule has 134 heavy (non-hydrogen) atoms.